The molecule has 1 rings (SSSR count). The SMILES string of the molecule is CCCCCCCCCCC(CCCCCCCC)CNC(=O)C(=O)c1ccco1. The first kappa shape index (κ1) is 26.5. The number of rotatable bonds is 20. The van der Waals surface area contributed by atoms with Crippen LogP contribution in [-0.4, -0.2) is 18.2 Å². The van der Waals surface area contributed by atoms with Crippen LogP contribution in [0.25, 0.3) is 0 Å². The zero-order valence-corrected chi connectivity index (χ0v) is 19.6. The molecule has 0 radical (unpaired) electrons. The first-order valence-corrected chi connectivity index (χ1v) is 12.5. The minimum absolute atomic E-state index is 0.114. The molecule has 1 aromatic rings. The molecule has 1 N–H and O–H groups in total. The van der Waals surface area contributed by atoms with Crippen molar-refractivity contribution < 1.29 is 14.0 Å². The van der Waals surface area contributed by atoms with Crippen molar-refractivity contribution in [2.24, 2.45) is 5.92 Å². The molecule has 30 heavy (non-hydrogen) atoms. The Labute approximate surface area is 184 Å². The van der Waals surface area contributed by atoms with Crippen LogP contribution in [0.4, 0.5) is 0 Å². The van der Waals surface area contributed by atoms with Crippen LogP contribution in [0.2, 0.25) is 0 Å². The second-order valence-electron chi connectivity index (χ2n) is 8.70. The lowest BCUT2D eigenvalue weighted by Gasteiger charge is -2.17. The normalized spacial score (nSPS) is 12.1. The summed E-state index contributed by atoms with van der Waals surface area (Å²) < 4.78 is 5.05. The summed E-state index contributed by atoms with van der Waals surface area (Å²) in [5.74, 6) is -0.549. The Balaban J connectivity index is 2.30. The van der Waals surface area contributed by atoms with Crippen LogP contribution in [0, 0.1) is 5.92 Å². The fourth-order valence-electron chi connectivity index (χ4n) is 3.97. The summed E-state index contributed by atoms with van der Waals surface area (Å²) in [6.07, 6.45) is 22.0. The van der Waals surface area contributed by atoms with Gasteiger partial charge in [-0.3, -0.25) is 9.59 Å². The van der Waals surface area contributed by atoms with Gasteiger partial charge in [0.25, 0.3) is 11.7 Å². The van der Waals surface area contributed by atoms with Gasteiger partial charge in [-0.15, -0.1) is 0 Å². The van der Waals surface area contributed by atoms with E-state index in [0.29, 0.717) is 12.5 Å². The summed E-state index contributed by atoms with van der Waals surface area (Å²) in [5.41, 5.74) is 0. The van der Waals surface area contributed by atoms with Crippen molar-refractivity contribution in [2.45, 2.75) is 117 Å². The number of ketones is 1. The van der Waals surface area contributed by atoms with E-state index in [1.165, 1.54) is 102 Å². The highest BCUT2D eigenvalue weighted by atomic mass is 16.3. The summed E-state index contributed by atoms with van der Waals surface area (Å²) >= 11 is 0. The summed E-state index contributed by atoms with van der Waals surface area (Å²) in [4.78, 5) is 24.3. The molecule has 1 heterocycles. The van der Waals surface area contributed by atoms with Gasteiger partial charge in [-0.2, -0.15) is 0 Å². The van der Waals surface area contributed by atoms with Gasteiger partial charge in [0.1, 0.15) is 0 Å². The third-order valence-electron chi connectivity index (χ3n) is 5.93. The Kier molecular flexibility index (Phi) is 16.1. The van der Waals surface area contributed by atoms with Crippen LogP contribution >= 0.6 is 0 Å². The maximum atomic E-state index is 12.2. The highest BCUT2D eigenvalue weighted by molar-refractivity contribution is 6.42. The van der Waals surface area contributed by atoms with Crippen molar-refractivity contribution in [3.05, 3.63) is 24.2 Å². The van der Waals surface area contributed by atoms with Gasteiger partial charge in [-0.25, -0.2) is 0 Å². The monoisotopic (exact) mass is 419 g/mol. The minimum atomic E-state index is -0.578. The number of furan rings is 1. The highest BCUT2D eigenvalue weighted by Gasteiger charge is 2.20. The van der Waals surface area contributed by atoms with Gasteiger partial charge in [0.15, 0.2) is 5.76 Å². The Morgan fingerprint density at radius 3 is 1.77 bits per heavy atom. The van der Waals surface area contributed by atoms with Gasteiger partial charge in [0.2, 0.25) is 0 Å². The zero-order chi connectivity index (χ0) is 21.9. The summed E-state index contributed by atoms with van der Waals surface area (Å²) in [7, 11) is 0. The topological polar surface area (TPSA) is 59.3 Å². The highest BCUT2D eigenvalue weighted by Crippen LogP contribution is 2.19. The second kappa shape index (κ2) is 18.2. The number of amides is 1. The lowest BCUT2D eigenvalue weighted by molar-refractivity contribution is -0.117. The van der Waals surface area contributed by atoms with E-state index in [0.717, 1.165) is 12.8 Å². The van der Waals surface area contributed by atoms with Crippen LogP contribution < -0.4 is 5.32 Å². The van der Waals surface area contributed by atoms with Crippen molar-refractivity contribution in [3.63, 3.8) is 0 Å². The standard InChI is InChI=1S/C26H45NO3/c1-3-5-7-9-11-12-14-16-19-23(18-15-13-10-8-6-4-2)22-27-26(29)25(28)24-20-17-21-30-24/h17,20-21,23H,3-16,18-19,22H2,1-2H3,(H,27,29). The van der Waals surface area contributed by atoms with Gasteiger partial charge in [-0.1, -0.05) is 104 Å². The van der Waals surface area contributed by atoms with E-state index in [1.54, 1.807) is 6.07 Å². The number of carbonyl (C=O) groups is 2. The lowest BCUT2D eigenvalue weighted by atomic mass is 9.94. The summed E-state index contributed by atoms with van der Waals surface area (Å²) in [5, 5.41) is 2.86. The van der Waals surface area contributed by atoms with Gasteiger partial charge in [0, 0.05) is 6.54 Å². The smallest absolute Gasteiger partial charge is 0.295 e. The maximum absolute atomic E-state index is 12.2. The van der Waals surface area contributed by atoms with Crippen molar-refractivity contribution in [2.75, 3.05) is 6.54 Å². The molecule has 0 aliphatic heterocycles. The molecule has 0 spiro atoms. The second-order valence-corrected chi connectivity index (χ2v) is 8.70. The van der Waals surface area contributed by atoms with Crippen LogP contribution in [0.5, 0.6) is 0 Å². The van der Waals surface area contributed by atoms with E-state index in [-0.39, 0.29) is 5.76 Å². The largest absolute Gasteiger partial charge is 0.461 e. The lowest BCUT2D eigenvalue weighted by Crippen LogP contribution is -2.34. The van der Waals surface area contributed by atoms with E-state index < -0.39 is 11.7 Å². The fourth-order valence-corrected chi connectivity index (χ4v) is 3.97. The van der Waals surface area contributed by atoms with Crippen LogP contribution in [-0.2, 0) is 4.79 Å². The van der Waals surface area contributed by atoms with Crippen LogP contribution in [0.3, 0.4) is 0 Å². The summed E-state index contributed by atoms with van der Waals surface area (Å²) in [6.45, 7) is 5.09. The molecule has 1 unspecified atom stereocenters. The Morgan fingerprint density at radius 1 is 0.800 bits per heavy atom. The zero-order valence-electron chi connectivity index (χ0n) is 19.6. The van der Waals surface area contributed by atoms with Crippen molar-refractivity contribution in [1.29, 1.82) is 0 Å². The van der Waals surface area contributed by atoms with Gasteiger partial charge in [-0.05, 0) is 30.9 Å². The Bertz CT molecular complexity index is 538. The van der Waals surface area contributed by atoms with E-state index >= 15 is 0 Å². The molecular weight excluding hydrogens is 374 g/mol. The molecular formula is C26H45NO3. The van der Waals surface area contributed by atoms with Crippen molar-refractivity contribution in [3.8, 4) is 0 Å². The van der Waals surface area contributed by atoms with Gasteiger partial charge >= 0.3 is 0 Å². The first-order valence-electron chi connectivity index (χ1n) is 12.5. The third-order valence-corrected chi connectivity index (χ3v) is 5.93. The van der Waals surface area contributed by atoms with E-state index in [1.807, 2.05) is 0 Å². The van der Waals surface area contributed by atoms with E-state index in [4.69, 9.17) is 4.42 Å². The van der Waals surface area contributed by atoms with Crippen LogP contribution in [0.1, 0.15) is 127 Å². The predicted molar refractivity (Wildman–Crippen MR) is 125 cm³/mol. The van der Waals surface area contributed by atoms with Crippen molar-refractivity contribution in [1.82, 2.24) is 5.32 Å². The molecule has 0 aromatic carbocycles. The van der Waals surface area contributed by atoms with Gasteiger partial charge in [0.05, 0.1) is 6.26 Å². The quantitative estimate of drug-likeness (QED) is 0.135. The van der Waals surface area contributed by atoms with Crippen molar-refractivity contribution >= 4 is 11.7 Å². The summed E-state index contributed by atoms with van der Waals surface area (Å²) in [6, 6.07) is 3.17. The molecule has 1 aromatic heterocycles. The maximum Gasteiger partial charge on any atom is 0.295 e. The molecule has 1 atom stereocenters. The number of unbranched alkanes of at least 4 members (excludes halogenated alkanes) is 12. The molecule has 4 heteroatoms. The molecule has 172 valence electrons. The molecule has 0 bridgehead atoms. The Hall–Kier alpha value is -1.58. The van der Waals surface area contributed by atoms with Gasteiger partial charge < -0.3 is 9.73 Å². The molecule has 1 amide bonds. The average Bonchev–Trinajstić information content (AvgIpc) is 3.29. The van der Waals surface area contributed by atoms with E-state index in [2.05, 4.69) is 19.2 Å². The third kappa shape index (κ3) is 12.9. The molecule has 0 fully saturated rings. The number of carbonyl (C=O) groups excluding carboxylic acids is 2. The molecule has 0 aliphatic carbocycles. The van der Waals surface area contributed by atoms with Crippen LogP contribution in [0.15, 0.2) is 22.8 Å². The minimum Gasteiger partial charge on any atom is -0.461 e. The predicted octanol–water partition coefficient (Wildman–Crippen LogP) is 7.48. The molecule has 0 saturated heterocycles. The molecule has 4 nitrogen and oxygen atoms in total. The van der Waals surface area contributed by atoms with E-state index in [9.17, 15) is 9.59 Å². The average molecular weight is 420 g/mol. The number of Topliss-reactive ketones (excluding diaryl/α,β-unsaturated/α-hetero) is 1. The first-order chi connectivity index (χ1) is 14.7. The molecule has 0 aliphatic rings. The Morgan fingerprint density at radius 2 is 1.30 bits per heavy atom. The number of hydrogen-bond donors (Lipinski definition) is 1. The molecule has 0 saturated carbocycles. The number of nitrogens with one attached hydrogen (secondary N) is 1. The fraction of sp³-hybridized carbons (Fsp3) is 0.769. The number of hydrogen-bond acceptors (Lipinski definition) is 3.